The Balaban J connectivity index is 2.03. The highest BCUT2D eigenvalue weighted by atomic mass is 16.2. The number of anilines is 1. The highest BCUT2D eigenvalue weighted by Crippen LogP contribution is 2.18. The zero-order valence-electron chi connectivity index (χ0n) is 9.72. The molecule has 0 saturated carbocycles. The maximum Gasteiger partial charge on any atom is 0.247 e. The van der Waals surface area contributed by atoms with Gasteiger partial charge in [-0.25, -0.2) is 0 Å². The molecule has 1 saturated heterocycles. The Morgan fingerprint density at radius 1 is 1.53 bits per heavy atom. The number of aromatic nitrogens is 1. The van der Waals surface area contributed by atoms with E-state index in [1.165, 1.54) is 6.92 Å². The van der Waals surface area contributed by atoms with Crippen LogP contribution < -0.4 is 5.32 Å². The van der Waals surface area contributed by atoms with Crippen LogP contribution in [0.3, 0.4) is 0 Å². The van der Waals surface area contributed by atoms with E-state index < -0.39 is 0 Å². The number of nitrogens with one attached hydrogen (secondary N) is 1. The zero-order valence-corrected chi connectivity index (χ0v) is 9.72. The Morgan fingerprint density at radius 3 is 3.00 bits per heavy atom. The Bertz CT molecular complexity index is 419. The highest BCUT2D eigenvalue weighted by Gasteiger charge is 2.32. The zero-order chi connectivity index (χ0) is 12.3. The van der Waals surface area contributed by atoms with E-state index in [9.17, 15) is 9.59 Å². The highest BCUT2D eigenvalue weighted by molar-refractivity contribution is 5.97. The smallest absolute Gasteiger partial charge is 0.247 e. The minimum Gasteiger partial charge on any atom is -0.331 e. The Labute approximate surface area is 99.8 Å². The first-order valence-electron chi connectivity index (χ1n) is 5.66. The van der Waals surface area contributed by atoms with Gasteiger partial charge in [0.05, 0.1) is 11.9 Å². The van der Waals surface area contributed by atoms with Gasteiger partial charge in [-0.2, -0.15) is 0 Å². The fourth-order valence-electron chi connectivity index (χ4n) is 2.08. The molecule has 1 aromatic heterocycles. The molecule has 0 unspecified atom stereocenters. The first-order chi connectivity index (χ1) is 8.18. The lowest BCUT2D eigenvalue weighted by Gasteiger charge is -2.22. The topological polar surface area (TPSA) is 62.3 Å². The van der Waals surface area contributed by atoms with Crippen LogP contribution in [0.25, 0.3) is 0 Å². The predicted molar refractivity (Wildman–Crippen MR) is 63.3 cm³/mol. The number of carbonyl (C=O) groups is 2. The van der Waals surface area contributed by atoms with Crippen molar-refractivity contribution in [2.75, 3.05) is 11.9 Å². The van der Waals surface area contributed by atoms with Gasteiger partial charge in [0.2, 0.25) is 11.8 Å². The van der Waals surface area contributed by atoms with E-state index in [0.29, 0.717) is 12.2 Å². The third-order valence-electron chi connectivity index (χ3n) is 2.89. The maximum atomic E-state index is 12.0. The molecule has 0 aromatic carbocycles. The van der Waals surface area contributed by atoms with Gasteiger partial charge < -0.3 is 10.2 Å². The van der Waals surface area contributed by atoms with Crippen LogP contribution in [-0.4, -0.2) is 34.3 Å². The second kappa shape index (κ2) is 4.95. The number of amides is 2. The summed E-state index contributed by atoms with van der Waals surface area (Å²) in [6.45, 7) is 2.16. The quantitative estimate of drug-likeness (QED) is 0.830. The normalized spacial score (nSPS) is 19.1. The first kappa shape index (κ1) is 11.6. The second-order valence-corrected chi connectivity index (χ2v) is 4.10. The Hall–Kier alpha value is -1.91. The molecule has 5 nitrogen and oxygen atoms in total. The van der Waals surface area contributed by atoms with E-state index in [1.807, 2.05) is 0 Å². The molecule has 0 aliphatic carbocycles. The summed E-state index contributed by atoms with van der Waals surface area (Å²) in [6, 6.07) is 3.19. The summed E-state index contributed by atoms with van der Waals surface area (Å²) < 4.78 is 0. The van der Waals surface area contributed by atoms with E-state index in [2.05, 4.69) is 10.3 Å². The lowest BCUT2D eigenvalue weighted by atomic mass is 10.2. The monoisotopic (exact) mass is 233 g/mol. The van der Waals surface area contributed by atoms with Crippen molar-refractivity contribution in [3.8, 4) is 0 Å². The van der Waals surface area contributed by atoms with E-state index in [1.54, 1.807) is 29.4 Å². The third-order valence-corrected chi connectivity index (χ3v) is 2.89. The van der Waals surface area contributed by atoms with Crippen LogP contribution in [0.1, 0.15) is 19.8 Å². The number of pyridine rings is 1. The largest absolute Gasteiger partial charge is 0.331 e. The lowest BCUT2D eigenvalue weighted by molar-refractivity contribution is -0.134. The fourth-order valence-corrected chi connectivity index (χ4v) is 2.08. The molecule has 1 aromatic rings. The van der Waals surface area contributed by atoms with Crippen LogP contribution in [0.4, 0.5) is 5.69 Å². The molecule has 2 heterocycles. The average molecular weight is 233 g/mol. The van der Waals surface area contributed by atoms with Gasteiger partial charge in [-0.05, 0) is 25.0 Å². The molecule has 1 fully saturated rings. The van der Waals surface area contributed by atoms with Crippen LogP contribution in [-0.2, 0) is 9.59 Å². The second-order valence-electron chi connectivity index (χ2n) is 4.10. The van der Waals surface area contributed by atoms with Crippen molar-refractivity contribution in [2.45, 2.75) is 25.8 Å². The number of rotatable bonds is 2. The predicted octanol–water partition coefficient (Wildman–Crippen LogP) is 1.03. The third kappa shape index (κ3) is 2.61. The minimum absolute atomic E-state index is 0.0474. The molecular weight excluding hydrogens is 218 g/mol. The Morgan fingerprint density at radius 2 is 2.35 bits per heavy atom. The number of nitrogens with zero attached hydrogens (tertiary/aromatic N) is 2. The van der Waals surface area contributed by atoms with Crippen molar-refractivity contribution < 1.29 is 9.59 Å². The SMILES string of the molecule is CC(=O)N1CCC[C@@H]1C(=O)Nc1cccnc1. The molecule has 1 N–H and O–H groups in total. The van der Waals surface area contributed by atoms with Crippen LogP contribution in [0, 0.1) is 0 Å². The molecule has 1 aliphatic rings. The molecule has 17 heavy (non-hydrogen) atoms. The molecule has 2 rings (SSSR count). The van der Waals surface area contributed by atoms with E-state index >= 15 is 0 Å². The Kier molecular flexibility index (Phi) is 3.37. The summed E-state index contributed by atoms with van der Waals surface area (Å²) in [5, 5.41) is 2.77. The molecule has 0 radical (unpaired) electrons. The summed E-state index contributed by atoms with van der Waals surface area (Å²) in [5.74, 6) is -0.181. The van der Waals surface area contributed by atoms with Crippen molar-refractivity contribution in [1.82, 2.24) is 9.88 Å². The van der Waals surface area contributed by atoms with Gasteiger partial charge in [0, 0.05) is 19.7 Å². The van der Waals surface area contributed by atoms with Crippen molar-refractivity contribution in [3.63, 3.8) is 0 Å². The summed E-state index contributed by atoms with van der Waals surface area (Å²) in [7, 11) is 0. The minimum atomic E-state index is -0.340. The molecule has 0 bridgehead atoms. The molecule has 5 heteroatoms. The number of hydrogen-bond donors (Lipinski definition) is 1. The van der Waals surface area contributed by atoms with Gasteiger partial charge in [-0.15, -0.1) is 0 Å². The number of likely N-dealkylation sites (tertiary alicyclic amines) is 1. The molecule has 1 atom stereocenters. The van der Waals surface area contributed by atoms with Gasteiger partial charge in [0.15, 0.2) is 0 Å². The van der Waals surface area contributed by atoms with Gasteiger partial charge in [0.1, 0.15) is 6.04 Å². The van der Waals surface area contributed by atoms with Gasteiger partial charge in [-0.1, -0.05) is 0 Å². The number of hydrogen-bond acceptors (Lipinski definition) is 3. The van der Waals surface area contributed by atoms with Crippen molar-refractivity contribution >= 4 is 17.5 Å². The van der Waals surface area contributed by atoms with Gasteiger partial charge in [-0.3, -0.25) is 14.6 Å². The van der Waals surface area contributed by atoms with Crippen molar-refractivity contribution in [3.05, 3.63) is 24.5 Å². The van der Waals surface area contributed by atoms with Crippen LogP contribution >= 0.6 is 0 Å². The number of carbonyl (C=O) groups excluding carboxylic acids is 2. The summed E-state index contributed by atoms with van der Waals surface area (Å²) >= 11 is 0. The van der Waals surface area contributed by atoms with E-state index in [0.717, 1.165) is 12.8 Å². The van der Waals surface area contributed by atoms with Gasteiger partial charge in [0.25, 0.3) is 0 Å². The maximum absolute atomic E-state index is 12.0. The van der Waals surface area contributed by atoms with E-state index in [4.69, 9.17) is 0 Å². The van der Waals surface area contributed by atoms with Crippen LogP contribution in [0.5, 0.6) is 0 Å². The van der Waals surface area contributed by atoms with Crippen molar-refractivity contribution in [1.29, 1.82) is 0 Å². The standard InChI is InChI=1S/C12H15N3O2/c1-9(16)15-7-3-5-11(15)12(17)14-10-4-2-6-13-8-10/h2,4,6,8,11H,3,5,7H2,1H3,(H,14,17)/t11-/m1/s1. The average Bonchev–Trinajstić information content (AvgIpc) is 2.79. The molecule has 90 valence electrons. The molecule has 0 spiro atoms. The summed E-state index contributed by atoms with van der Waals surface area (Å²) in [5.41, 5.74) is 0.660. The molecule has 2 amide bonds. The van der Waals surface area contributed by atoms with Crippen molar-refractivity contribution in [2.24, 2.45) is 0 Å². The van der Waals surface area contributed by atoms with Crippen LogP contribution in [0.15, 0.2) is 24.5 Å². The summed E-state index contributed by atoms with van der Waals surface area (Å²) in [6.07, 6.45) is 4.84. The van der Waals surface area contributed by atoms with Crippen LogP contribution in [0.2, 0.25) is 0 Å². The lowest BCUT2D eigenvalue weighted by Crippen LogP contribution is -2.42. The van der Waals surface area contributed by atoms with E-state index in [-0.39, 0.29) is 17.9 Å². The van der Waals surface area contributed by atoms with Gasteiger partial charge >= 0.3 is 0 Å². The molecule has 1 aliphatic heterocycles. The molecular formula is C12H15N3O2. The first-order valence-corrected chi connectivity index (χ1v) is 5.66. The fraction of sp³-hybridized carbons (Fsp3) is 0.417. The summed E-state index contributed by atoms with van der Waals surface area (Å²) in [4.78, 5) is 28.9.